The zero-order valence-electron chi connectivity index (χ0n) is 12.5. The Morgan fingerprint density at radius 1 is 1.38 bits per heavy atom. The van der Waals surface area contributed by atoms with Crippen LogP contribution in [0.4, 0.5) is 0 Å². The quantitative estimate of drug-likeness (QED) is 0.840. The van der Waals surface area contributed by atoms with Gasteiger partial charge < -0.3 is 5.11 Å². The van der Waals surface area contributed by atoms with E-state index in [0.717, 1.165) is 24.8 Å². The molecule has 0 amide bonds. The van der Waals surface area contributed by atoms with Gasteiger partial charge in [-0.3, -0.25) is 0 Å². The van der Waals surface area contributed by atoms with Crippen LogP contribution in [0.2, 0.25) is 0 Å². The summed E-state index contributed by atoms with van der Waals surface area (Å²) in [4.78, 5) is 0.309. The molecule has 1 saturated carbocycles. The van der Waals surface area contributed by atoms with E-state index in [1.807, 2.05) is 13.2 Å². The summed E-state index contributed by atoms with van der Waals surface area (Å²) >= 11 is 1.73. The molecule has 2 atom stereocenters. The molecule has 1 aromatic rings. The molecule has 0 aliphatic heterocycles. The van der Waals surface area contributed by atoms with E-state index in [-0.39, 0.29) is 12.6 Å². The molecule has 1 aromatic carbocycles. The molecule has 0 saturated heterocycles. The number of sulfonamides is 1. The molecular weight excluding hydrogens is 306 g/mol. The normalized spacial score (nSPS) is 22.6. The SMILES string of the molecule is CCc1ccc(CO)cc1S(=O)(=O)NC1CCCC1SC. The lowest BCUT2D eigenvalue weighted by Crippen LogP contribution is -2.39. The van der Waals surface area contributed by atoms with Crippen molar-refractivity contribution in [3.63, 3.8) is 0 Å². The Kier molecular flexibility index (Phi) is 5.71. The molecule has 0 spiro atoms. The zero-order valence-corrected chi connectivity index (χ0v) is 14.1. The molecule has 21 heavy (non-hydrogen) atoms. The predicted molar refractivity (Wildman–Crippen MR) is 87.0 cm³/mol. The van der Waals surface area contributed by atoms with Crippen LogP contribution in [0.3, 0.4) is 0 Å². The first-order valence-electron chi connectivity index (χ1n) is 7.29. The standard InChI is InChI=1S/C15H23NO3S2/c1-3-12-8-7-11(10-17)9-15(12)21(18,19)16-13-5-4-6-14(13)20-2/h7-9,13-14,16-17H,3-6,10H2,1-2H3. The second-order valence-corrected chi connectivity index (χ2v) is 8.15. The first-order valence-corrected chi connectivity index (χ1v) is 10.1. The molecule has 1 aliphatic rings. The molecule has 118 valence electrons. The van der Waals surface area contributed by atoms with Crippen molar-refractivity contribution in [2.24, 2.45) is 0 Å². The van der Waals surface area contributed by atoms with Crippen molar-refractivity contribution in [3.05, 3.63) is 29.3 Å². The van der Waals surface area contributed by atoms with Gasteiger partial charge in [-0.05, 0) is 42.7 Å². The van der Waals surface area contributed by atoms with E-state index in [4.69, 9.17) is 0 Å². The van der Waals surface area contributed by atoms with Crippen LogP contribution in [-0.4, -0.2) is 31.1 Å². The summed E-state index contributed by atoms with van der Waals surface area (Å²) in [5.41, 5.74) is 1.42. The van der Waals surface area contributed by atoms with E-state index in [9.17, 15) is 13.5 Å². The van der Waals surface area contributed by atoms with E-state index >= 15 is 0 Å². The van der Waals surface area contributed by atoms with E-state index in [2.05, 4.69) is 4.72 Å². The topological polar surface area (TPSA) is 66.4 Å². The highest BCUT2D eigenvalue weighted by Gasteiger charge is 2.31. The molecule has 0 heterocycles. The molecule has 0 aromatic heterocycles. The maximum atomic E-state index is 12.7. The van der Waals surface area contributed by atoms with Gasteiger partial charge in [0.15, 0.2) is 0 Å². The molecule has 0 bridgehead atoms. The third-order valence-electron chi connectivity index (χ3n) is 4.05. The third kappa shape index (κ3) is 3.80. The van der Waals surface area contributed by atoms with Crippen molar-refractivity contribution in [3.8, 4) is 0 Å². The number of rotatable bonds is 6. The number of nitrogens with one attached hydrogen (secondary N) is 1. The monoisotopic (exact) mass is 329 g/mol. The second-order valence-electron chi connectivity index (χ2n) is 5.39. The van der Waals surface area contributed by atoms with Crippen molar-refractivity contribution in [2.75, 3.05) is 6.26 Å². The number of thioether (sulfide) groups is 1. The van der Waals surface area contributed by atoms with Crippen molar-refractivity contribution < 1.29 is 13.5 Å². The number of hydrogen-bond donors (Lipinski definition) is 2. The summed E-state index contributed by atoms with van der Waals surface area (Å²) in [5.74, 6) is 0. The van der Waals surface area contributed by atoms with Crippen LogP contribution in [0.15, 0.2) is 23.1 Å². The molecule has 0 radical (unpaired) electrons. The highest BCUT2D eigenvalue weighted by Crippen LogP contribution is 2.30. The Morgan fingerprint density at radius 2 is 2.14 bits per heavy atom. The van der Waals surface area contributed by atoms with Gasteiger partial charge in [-0.1, -0.05) is 25.5 Å². The molecule has 2 N–H and O–H groups in total. The van der Waals surface area contributed by atoms with Crippen molar-refractivity contribution in [1.29, 1.82) is 0 Å². The Morgan fingerprint density at radius 3 is 2.76 bits per heavy atom. The number of aliphatic hydroxyl groups is 1. The maximum absolute atomic E-state index is 12.7. The number of hydrogen-bond acceptors (Lipinski definition) is 4. The van der Waals surface area contributed by atoms with Gasteiger partial charge in [0, 0.05) is 11.3 Å². The van der Waals surface area contributed by atoms with Gasteiger partial charge in [-0.25, -0.2) is 13.1 Å². The summed E-state index contributed by atoms with van der Waals surface area (Å²) in [6.07, 6.45) is 5.70. The fourth-order valence-corrected chi connectivity index (χ4v) is 5.54. The summed E-state index contributed by atoms with van der Waals surface area (Å²) in [6, 6.07) is 5.16. The van der Waals surface area contributed by atoms with Gasteiger partial charge in [-0.15, -0.1) is 0 Å². The fraction of sp³-hybridized carbons (Fsp3) is 0.600. The highest BCUT2D eigenvalue weighted by atomic mass is 32.2. The average molecular weight is 329 g/mol. The van der Waals surface area contributed by atoms with Crippen LogP contribution in [-0.2, 0) is 23.1 Å². The van der Waals surface area contributed by atoms with Crippen LogP contribution in [0.25, 0.3) is 0 Å². The van der Waals surface area contributed by atoms with Gasteiger partial charge in [-0.2, -0.15) is 11.8 Å². The lowest BCUT2D eigenvalue weighted by atomic mass is 10.1. The Labute approximate surface area is 131 Å². The number of benzene rings is 1. The smallest absolute Gasteiger partial charge is 0.241 e. The van der Waals surface area contributed by atoms with E-state index < -0.39 is 10.0 Å². The van der Waals surface area contributed by atoms with E-state index in [1.165, 1.54) is 0 Å². The Hall–Kier alpha value is -0.560. The lowest BCUT2D eigenvalue weighted by molar-refractivity contribution is 0.281. The van der Waals surface area contributed by atoms with E-state index in [0.29, 0.717) is 22.1 Å². The fourth-order valence-electron chi connectivity index (χ4n) is 2.85. The Balaban J connectivity index is 2.30. The summed E-state index contributed by atoms with van der Waals surface area (Å²) in [5, 5.41) is 9.59. The second kappa shape index (κ2) is 7.13. The minimum Gasteiger partial charge on any atom is -0.392 e. The molecular formula is C15H23NO3S2. The van der Waals surface area contributed by atoms with E-state index in [1.54, 1.807) is 30.0 Å². The van der Waals surface area contributed by atoms with Gasteiger partial charge in [0.25, 0.3) is 0 Å². The first kappa shape index (κ1) is 16.8. The summed E-state index contributed by atoms with van der Waals surface area (Å²) < 4.78 is 28.3. The van der Waals surface area contributed by atoms with Crippen molar-refractivity contribution in [1.82, 2.24) is 4.72 Å². The molecule has 6 heteroatoms. The largest absolute Gasteiger partial charge is 0.392 e. The predicted octanol–water partition coefficient (Wildman–Crippen LogP) is 2.30. The average Bonchev–Trinajstić information content (AvgIpc) is 2.92. The van der Waals surface area contributed by atoms with Crippen LogP contribution in [0.5, 0.6) is 0 Å². The van der Waals surface area contributed by atoms with Gasteiger partial charge >= 0.3 is 0 Å². The van der Waals surface area contributed by atoms with Crippen LogP contribution >= 0.6 is 11.8 Å². The van der Waals surface area contributed by atoms with Gasteiger partial charge in [0.1, 0.15) is 0 Å². The van der Waals surface area contributed by atoms with Crippen LogP contribution in [0.1, 0.15) is 37.3 Å². The molecule has 2 rings (SSSR count). The van der Waals surface area contributed by atoms with Gasteiger partial charge in [0.2, 0.25) is 10.0 Å². The maximum Gasteiger partial charge on any atom is 0.241 e. The minimum absolute atomic E-state index is 0.00693. The molecule has 4 nitrogen and oxygen atoms in total. The third-order valence-corrected chi connectivity index (χ3v) is 6.79. The number of aliphatic hydroxyl groups excluding tert-OH is 1. The highest BCUT2D eigenvalue weighted by molar-refractivity contribution is 7.99. The number of aryl methyl sites for hydroxylation is 1. The van der Waals surface area contributed by atoms with Crippen LogP contribution in [0, 0.1) is 0 Å². The lowest BCUT2D eigenvalue weighted by Gasteiger charge is -2.20. The molecule has 1 fully saturated rings. The first-order chi connectivity index (χ1) is 10.0. The van der Waals surface area contributed by atoms with Crippen LogP contribution < -0.4 is 4.72 Å². The molecule has 1 aliphatic carbocycles. The Bertz CT molecular complexity index is 587. The van der Waals surface area contributed by atoms with Crippen molar-refractivity contribution >= 4 is 21.8 Å². The minimum atomic E-state index is -3.54. The molecule has 2 unspecified atom stereocenters. The summed E-state index contributed by atoms with van der Waals surface area (Å²) in [7, 11) is -3.54. The zero-order chi connectivity index (χ0) is 15.5. The summed E-state index contributed by atoms with van der Waals surface area (Å²) in [6.45, 7) is 1.79. The van der Waals surface area contributed by atoms with Crippen molar-refractivity contribution in [2.45, 2.75) is 55.4 Å². The van der Waals surface area contributed by atoms with Gasteiger partial charge in [0.05, 0.1) is 11.5 Å².